The van der Waals surface area contributed by atoms with Crippen molar-refractivity contribution in [1.29, 1.82) is 0 Å². The highest BCUT2D eigenvalue weighted by Gasteiger charge is 2.16. The number of ether oxygens (including phenoxy) is 1. The number of nitrogens with zero attached hydrogens (tertiary/aromatic N) is 5. The van der Waals surface area contributed by atoms with E-state index in [0.717, 1.165) is 5.56 Å². The zero-order chi connectivity index (χ0) is 14.9. The molecule has 0 radical (unpaired) electrons. The summed E-state index contributed by atoms with van der Waals surface area (Å²) in [5.41, 5.74) is 1.34. The Morgan fingerprint density at radius 1 is 1.14 bits per heavy atom. The molecule has 4 rings (SSSR count). The number of methoxy groups -OCH3 is 1. The van der Waals surface area contributed by atoms with E-state index in [1.54, 1.807) is 23.9 Å². The summed E-state index contributed by atoms with van der Waals surface area (Å²) in [6.07, 6.45) is 5.33. The molecule has 7 nitrogen and oxygen atoms in total. The largest absolute Gasteiger partial charge is 0.496 e. The van der Waals surface area contributed by atoms with Gasteiger partial charge in [0.1, 0.15) is 11.4 Å². The lowest BCUT2D eigenvalue weighted by atomic mass is 10.2. The maximum Gasteiger partial charge on any atom is 0.278 e. The van der Waals surface area contributed by atoms with Crippen LogP contribution in [0.3, 0.4) is 0 Å². The SMILES string of the molecule is COc1ccccc1-c1noc(-c2cn3cccnc3n2)n1. The summed E-state index contributed by atoms with van der Waals surface area (Å²) < 4.78 is 12.4. The first kappa shape index (κ1) is 12.5. The Bertz CT molecular complexity index is 911. The van der Waals surface area contributed by atoms with Crippen molar-refractivity contribution in [3.05, 3.63) is 48.9 Å². The van der Waals surface area contributed by atoms with Gasteiger partial charge in [0.05, 0.1) is 12.7 Å². The summed E-state index contributed by atoms with van der Waals surface area (Å²) in [7, 11) is 1.60. The van der Waals surface area contributed by atoms with Gasteiger partial charge in [-0.2, -0.15) is 4.98 Å². The van der Waals surface area contributed by atoms with Crippen LogP contribution in [0.2, 0.25) is 0 Å². The molecule has 7 heteroatoms. The number of para-hydroxylation sites is 1. The molecule has 0 amide bonds. The Balaban J connectivity index is 1.77. The van der Waals surface area contributed by atoms with Crippen molar-refractivity contribution in [2.45, 2.75) is 0 Å². The molecule has 0 aliphatic carbocycles. The zero-order valence-corrected chi connectivity index (χ0v) is 11.7. The minimum Gasteiger partial charge on any atom is -0.496 e. The second kappa shape index (κ2) is 4.96. The maximum atomic E-state index is 5.31. The van der Waals surface area contributed by atoms with E-state index < -0.39 is 0 Å². The first-order valence-electron chi connectivity index (χ1n) is 6.62. The van der Waals surface area contributed by atoms with Crippen LogP contribution in [-0.2, 0) is 0 Å². The Kier molecular flexibility index (Phi) is 2.82. The van der Waals surface area contributed by atoms with E-state index in [9.17, 15) is 0 Å². The Hall–Kier alpha value is -3.22. The number of benzene rings is 1. The summed E-state index contributed by atoms with van der Waals surface area (Å²) >= 11 is 0. The van der Waals surface area contributed by atoms with Gasteiger partial charge in [-0.25, -0.2) is 9.97 Å². The van der Waals surface area contributed by atoms with Crippen molar-refractivity contribution in [3.63, 3.8) is 0 Å². The summed E-state index contributed by atoms with van der Waals surface area (Å²) in [5.74, 6) is 2.06. The lowest BCUT2D eigenvalue weighted by Crippen LogP contribution is -1.88. The fraction of sp³-hybridized carbons (Fsp3) is 0.0667. The number of imidazole rings is 1. The van der Waals surface area contributed by atoms with Gasteiger partial charge in [-0.3, -0.25) is 4.40 Å². The molecule has 0 spiro atoms. The smallest absolute Gasteiger partial charge is 0.278 e. The quantitative estimate of drug-likeness (QED) is 0.577. The molecule has 4 aromatic rings. The molecular weight excluding hydrogens is 282 g/mol. The van der Waals surface area contributed by atoms with Crippen molar-refractivity contribution in [1.82, 2.24) is 24.5 Å². The van der Waals surface area contributed by atoms with Crippen molar-refractivity contribution in [2.24, 2.45) is 0 Å². The van der Waals surface area contributed by atoms with E-state index in [1.165, 1.54) is 0 Å². The van der Waals surface area contributed by atoms with Gasteiger partial charge in [0.2, 0.25) is 11.6 Å². The van der Waals surface area contributed by atoms with Gasteiger partial charge in [0, 0.05) is 18.6 Å². The molecule has 0 saturated heterocycles. The number of hydrogen-bond donors (Lipinski definition) is 0. The third-order valence-corrected chi connectivity index (χ3v) is 3.23. The molecule has 0 saturated carbocycles. The summed E-state index contributed by atoms with van der Waals surface area (Å²) in [5, 5.41) is 4.01. The number of aromatic nitrogens is 5. The van der Waals surface area contributed by atoms with E-state index in [-0.39, 0.29) is 0 Å². The maximum absolute atomic E-state index is 5.31. The van der Waals surface area contributed by atoms with Crippen molar-refractivity contribution in [3.8, 4) is 28.7 Å². The van der Waals surface area contributed by atoms with Crippen LogP contribution in [0.1, 0.15) is 0 Å². The van der Waals surface area contributed by atoms with E-state index in [0.29, 0.717) is 28.9 Å². The summed E-state index contributed by atoms with van der Waals surface area (Å²) in [6.45, 7) is 0. The second-order valence-corrected chi connectivity index (χ2v) is 4.58. The highest BCUT2D eigenvalue weighted by atomic mass is 16.5. The van der Waals surface area contributed by atoms with Crippen LogP contribution in [0.5, 0.6) is 5.75 Å². The normalized spacial score (nSPS) is 11.0. The lowest BCUT2D eigenvalue weighted by molar-refractivity contribution is 0.413. The average molecular weight is 293 g/mol. The minimum atomic E-state index is 0.339. The van der Waals surface area contributed by atoms with Gasteiger partial charge in [-0.05, 0) is 18.2 Å². The fourth-order valence-electron chi connectivity index (χ4n) is 2.20. The predicted octanol–water partition coefficient (Wildman–Crippen LogP) is 2.45. The van der Waals surface area contributed by atoms with Crippen LogP contribution in [0.15, 0.2) is 53.4 Å². The summed E-state index contributed by atoms with van der Waals surface area (Å²) in [6, 6.07) is 9.32. The Labute approximate surface area is 125 Å². The van der Waals surface area contributed by atoms with Gasteiger partial charge >= 0.3 is 0 Å². The van der Waals surface area contributed by atoms with Crippen molar-refractivity contribution in [2.75, 3.05) is 7.11 Å². The second-order valence-electron chi connectivity index (χ2n) is 4.58. The van der Waals surface area contributed by atoms with Crippen LogP contribution in [0.25, 0.3) is 28.8 Å². The molecule has 0 fully saturated rings. The highest BCUT2D eigenvalue weighted by Crippen LogP contribution is 2.28. The van der Waals surface area contributed by atoms with Gasteiger partial charge < -0.3 is 9.26 Å². The van der Waals surface area contributed by atoms with Crippen LogP contribution in [0, 0.1) is 0 Å². The monoisotopic (exact) mass is 293 g/mol. The molecule has 1 aromatic carbocycles. The molecule has 22 heavy (non-hydrogen) atoms. The molecular formula is C15H11N5O2. The van der Waals surface area contributed by atoms with Crippen LogP contribution in [0.4, 0.5) is 0 Å². The van der Waals surface area contributed by atoms with Gasteiger partial charge in [-0.15, -0.1) is 0 Å². The standard InChI is InChI=1S/C15H11N5O2/c1-21-12-6-3-2-5-10(12)13-18-14(22-19-13)11-9-20-8-4-7-16-15(20)17-11/h2-9H,1H3. The van der Waals surface area contributed by atoms with Crippen molar-refractivity contribution < 1.29 is 9.26 Å². The molecule has 0 N–H and O–H groups in total. The van der Waals surface area contributed by atoms with Crippen LogP contribution in [-0.4, -0.2) is 31.6 Å². The summed E-state index contributed by atoms with van der Waals surface area (Å²) in [4.78, 5) is 12.9. The first-order valence-corrected chi connectivity index (χ1v) is 6.62. The van der Waals surface area contributed by atoms with Gasteiger partial charge in [-0.1, -0.05) is 17.3 Å². The highest BCUT2D eigenvalue weighted by molar-refractivity contribution is 5.65. The van der Waals surface area contributed by atoms with E-state index in [1.807, 2.05) is 36.5 Å². The molecule has 0 atom stereocenters. The Morgan fingerprint density at radius 2 is 2.05 bits per heavy atom. The number of rotatable bonds is 3. The molecule has 108 valence electrons. The number of hydrogen-bond acceptors (Lipinski definition) is 6. The zero-order valence-electron chi connectivity index (χ0n) is 11.7. The third-order valence-electron chi connectivity index (χ3n) is 3.23. The molecule has 0 bridgehead atoms. The van der Waals surface area contributed by atoms with Gasteiger partial charge in [0.25, 0.3) is 5.89 Å². The van der Waals surface area contributed by atoms with Crippen molar-refractivity contribution >= 4 is 5.78 Å². The Morgan fingerprint density at radius 3 is 2.91 bits per heavy atom. The third kappa shape index (κ3) is 1.99. The average Bonchev–Trinajstić information content (AvgIpc) is 3.21. The van der Waals surface area contributed by atoms with Gasteiger partial charge in [0.15, 0.2) is 0 Å². The molecule has 3 aromatic heterocycles. The lowest BCUT2D eigenvalue weighted by Gasteiger charge is -2.02. The topological polar surface area (TPSA) is 78.3 Å². The van der Waals surface area contributed by atoms with Crippen LogP contribution >= 0.6 is 0 Å². The molecule has 3 heterocycles. The predicted molar refractivity (Wildman–Crippen MR) is 78.3 cm³/mol. The first-order chi connectivity index (χ1) is 10.8. The fourth-order valence-corrected chi connectivity index (χ4v) is 2.20. The van der Waals surface area contributed by atoms with E-state index >= 15 is 0 Å². The molecule has 0 aliphatic heterocycles. The number of fused-ring (bicyclic) bond motifs is 1. The van der Waals surface area contributed by atoms with E-state index in [2.05, 4.69) is 20.1 Å². The van der Waals surface area contributed by atoms with E-state index in [4.69, 9.17) is 9.26 Å². The minimum absolute atomic E-state index is 0.339. The van der Waals surface area contributed by atoms with Crippen LogP contribution < -0.4 is 4.74 Å². The molecule has 0 aliphatic rings. The molecule has 0 unspecified atom stereocenters.